The molecule has 0 unspecified atom stereocenters. The minimum Gasteiger partial charge on any atom is -0.377 e. The van der Waals surface area contributed by atoms with Gasteiger partial charge in [0, 0.05) is 26.8 Å². The average molecular weight is 187 g/mol. The van der Waals surface area contributed by atoms with E-state index in [1.165, 1.54) is 0 Å². The van der Waals surface area contributed by atoms with Gasteiger partial charge in [-0.2, -0.15) is 0 Å². The van der Waals surface area contributed by atoms with Crippen molar-refractivity contribution in [1.82, 2.24) is 4.90 Å². The summed E-state index contributed by atoms with van der Waals surface area (Å²) >= 11 is 0. The number of likely N-dealkylation sites (tertiary alicyclic amines) is 1. The molecular weight excluding hydrogens is 170 g/mol. The molecule has 0 aliphatic carbocycles. The lowest BCUT2D eigenvalue weighted by atomic mass is 10.2. The van der Waals surface area contributed by atoms with E-state index in [4.69, 9.17) is 20.6 Å². The van der Waals surface area contributed by atoms with E-state index in [1.54, 1.807) is 12.0 Å². The second-order valence-corrected chi connectivity index (χ2v) is 3.06. The van der Waals surface area contributed by atoms with Gasteiger partial charge in [0.1, 0.15) is 12.2 Å². The molecule has 0 spiro atoms. The van der Waals surface area contributed by atoms with Crippen LogP contribution in [0.5, 0.6) is 0 Å². The third-order valence-corrected chi connectivity index (χ3v) is 2.24. The summed E-state index contributed by atoms with van der Waals surface area (Å²) in [5, 5.41) is 7.27. The van der Waals surface area contributed by atoms with Crippen molar-refractivity contribution < 1.29 is 9.47 Å². The molecule has 1 saturated heterocycles. The smallest absolute Gasteiger partial charge is 0.188 e. The lowest BCUT2D eigenvalue weighted by Crippen LogP contribution is -2.35. The van der Waals surface area contributed by atoms with Crippen molar-refractivity contribution in [1.29, 1.82) is 5.41 Å². The number of hydrogen-bond acceptors (Lipinski definition) is 3. The highest BCUT2D eigenvalue weighted by Crippen LogP contribution is 2.15. The number of nitrogens with two attached hydrogens (primary N) is 1. The molecule has 0 aromatic rings. The molecule has 0 saturated carbocycles. The topological polar surface area (TPSA) is 71.6 Å². The fourth-order valence-electron chi connectivity index (χ4n) is 1.54. The Morgan fingerprint density at radius 1 is 1.54 bits per heavy atom. The van der Waals surface area contributed by atoms with Crippen molar-refractivity contribution in [2.45, 2.75) is 19.1 Å². The predicted molar refractivity (Wildman–Crippen MR) is 49.7 cm³/mol. The highest BCUT2D eigenvalue weighted by Gasteiger charge is 2.33. The van der Waals surface area contributed by atoms with Crippen LogP contribution in [0.3, 0.4) is 0 Å². The minimum absolute atomic E-state index is 0.0313. The molecule has 13 heavy (non-hydrogen) atoms. The van der Waals surface area contributed by atoms with Crippen LogP contribution in [0.1, 0.15) is 6.92 Å². The van der Waals surface area contributed by atoms with Gasteiger partial charge >= 0.3 is 0 Å². The van der Waals surface area contributed by atoms with E-state index in [-0.39, 0.29) is 18.2 Å². The van der Waals surface area contributed by atoms with Gasteiger partial charge in [-0.15, -0.1) is 0 Å². The summed E-state index contributed by atoms with van der Waals surface area (Å²) < 4.78 is 10.7. The first kappa shape index (κ1) is 10.3. The highest BCUT2D eigenvalue weighted by atomic mass is 16.5. The zero-order valence-electron chi connectivity index (χ0n) is 8.12. The summed E-state index contributed by atoms with van der Waals surface area (Å²) in [5.41, 5.74) is 5.37. The average Bonchev–Trinajstić information content (AvgIpc) is 2.48. The van der Waals surface area contributed by atoms with Crippen LogP contribution in [-0.2, 0) is 9.47 Å². The molecular formula is C8H17N3O2. The summed E-state index contributed by atoms with van der Waals surface area (Å²) in [5.74, 6) is 0.0873. The Balaban J connectivity index is 2.50. The molecule has 0 amide bonds. The number of nitrogens with zero attached hydrogens (tertiary/aromatic N) is 1. The van der Waals surface area contributed by atoms with E-state index < -0.39 is 0 Å². The summed E-state index contributed by atoms with van der Waals surface area (Å²) in [7, 11) is 1.65. The summed E-state index contributed by atoms with van der Waals surface area (Å²) in [6, 6.07) is 0. The van der Waals surface area contributed by atoms with E-state index >= 15 is 0 Å². The molecule has 3 N–H and O–H groups in total. The van der Waals surface area contributed by atoms with Gasteiger partial charge in [0.05, 0.1) is 0 Å². The summed E-state index contributed by atoms with van der Waals surface area (Å²) in [6.07, 6.45) is 0.0720. The van der Waals surface area contributed by atoms with Gasteiger partial charge in [-0.3, -0.25) is 5.41 Å². The van der Waals surface area contributed by atoms with Gasteiger partial charge in [0.25, 0.3) is 0 Å². The number of guanidine groups is 1. The molecule has 0 aromatic heterocycles. The van der Waals surface area contributed by atoms with Gasteiger partial charge in [0.2, 0.25) is 0 Å². The van der Waals surface area contributed by atoms with Crippen molar-refractivity contribution in [3.8, 4) is 0 Å². The van der Waals surface area contributed by atoms with Crippen LogP contribution in [0.25, 0.3) is 0 Å². The first-order valence-electron chi connectivity index (χ1n) is 4.42. The van der Waals surface area contributed by atoms with Gasteiger partial charge in [-0.25, -0.2) is 0 Å². The molecule has 1 heterocycles. The number of hydrogen-bond donors (Lipinski definition) is 2. The number of methoxy groups -OCH3 is 1. The molecule has 1 rings (SSSR count). The fraction of sp³-hybridized carbons (Fsp3) is 0.875. The number of rotatable bonds is 3. The minimum atomic E-state index is 0.0313. The van der Waals surface area contributed by atoms with E-state index in [0.717, 1.165) is 0 Å². The van der Waals surface area contributed by atoms with Crippen molar-refractivity contribution in [3.63, 3.8) is 0 Å². The molecule has 5 heteroatoms. The molecule has 1 aliphatic heterocycles. The SMILES string of the molecule is CCO[C@@H]1CN(C(=N)N)C[C@@H]1OC. The van der Waals surface area contributed by atoms with Crippen molar-refractivity contribution in [2.24, 2.45) is 5.73 Å². The highest BCUT2D eigenvalue weighted by molar-refractivity contribution is 5.75. The van der Waals surface area contributed by atoms with Crippen molar-refractivity contribution in [2.75, 3.05) is 26.8 Å². The molecule has 1 aliphatic rings. The normalized spacial score (nSPS) is 28.0. The number of nitrogens with one attached hydrogen (secondary N) is 1. The van der Waals surface area contributed by atoms with Gasteiger partial charge < -0.3 is 20.1 Å². The molecule has 5 nitrogen and oxygen atoms in total. The standard InChI is InChI=1S/C8H17N3O2/c1-3-13-7-5-11(8(9)10)4-6(7)12-2/h6-7H,3-5H2,1-2H3,(H3,9,10)/t6-,7+/m0/s1. The Morgan fingerprint density at radius 3 is 2.62 bits per heavy atom. The first-order valence-corrected chi connectivity index (χ1v) is 4.42. The van der Waals surface area contributed by atoms with Crippen LogP contribution in [0.15, 0.2) is 0 Å². The van der Waals surface area contributed by atoms with Gasteiger partial charge in [0.15, 0.2) is 5.96 Å². The maximum Gasteiger partial charge on any atom is 0.188 e. The molecule has 2 atom stereocenters. The van der Waals surface area contributed by atoms with Crippen LogP contribution in [0, 0.1) is 5.41 Å². The second kappa shape index (κ2) is 4.43. The van der Waals surface area contributed by atoms with Crippen molar-refractivity contribution >= 4 is 5.96 Å². The Morgan fingerprint density at radius 2 is 2.15 bits per heavy atom. The van der Waals surface area contributed by atoms with Crippen LogP contribution in [-0.4, -0.2) is 49.9 Å². The molecule has 76 valence electrons. The van der Waals surface area contributed by atoms with Crippen LogP contribution >= 0.6 is 0 Å². The monoisotopic (exact) mass is 187 g/mol. The predicted octanol–water partition coefficient (Wildman–Crippen LogP) is -0.384. The van der Waals surface area contributed by atoms with Crippen molar-refractivity contribution in [3.05, 3.63) is 0 Å². The maximum atomic E-state index is 7.27. The Bertz CT molecular complexity index is 186. The third kappa shape index (κ3) is 2.32. The van der Waals surface area contributed by atoms with Gasteiger partial charge in [-0.05, 0) is 6.92 Å². The molecule has 0 aromatic carbocycles. The Labute approximate surface area is 78.3 Å². The molecule has 0 bridgehead atoms. The third-order valence-electron chi connectivity index (χ3n) is 2.24. The van der Waals surface area contributed by atoms with Crippen LogP contribution in [0.2, 0.25) is 0 Å². The van der Waals surface area contributed by atoms with Gasteiger partial charge in [-0.1, -0.05) is 0 Å². The lowest BCUT2D eigenvalue weighted by molar-refractivity contribution is -0.0233. The van der Waals surface area contributed by atoms with Crippen LogP contribution in [0.4, 0.5) is 0 Å². The quantitative estimate of drug-likeness (QED) is 0.466. The van der Waals surface area contributed by atoms with Crippen LogP contribution < -0.4 is 5.73 Å². The first-order chi connectivity index (χ1) is 6.19. The zero-order chi connectivity index (χ0) is 9.84. The Hall–Kier alpha value is -0.810. The molecule has 1 fully saturated rings. The number of ether oxygens (including phenoxy) is 2. The largest absolute Gasteiger partial charge is 0.377 e. The lowest BCUT2D eigenvalue weighted by Gasteiger charge is -2.15. The van der Waals surface area contributed by atoms with E-state index in [1.807, 2.05) is 6.92 Å². The summed E-state index contributed by atoms with van der Waals surface area (Å²) in [4.78, 5) is 1.76. The van der Waals surface area contributed by atoms with E-state index in [2.05, 4.69) is 0 Å². The summed E-state index contributed by atoms with van der Waals surface area (Å²) in [6.45, 7) is 3.91. The second-order valence-electron chi connectivity index (χ2n) is 3.06. The zero-order valence-corrected chi connectivity index (χ0v) is 8.12. The van der Waals surface area contributed by atoms with E-state index in [0.29, 0.717) is 19.7 Å². The maximum absolute atomic E-state index is 7.27. The van der Waals surface area contributed by atoms with E-state index in [9.17, 15) is 0 Å². The Kier molecular flexibility index (Phi) is 3.50. The fourth-order valence-corrected chi connectivity index (χ4v) is 1.54. The molecule has 0 radical (unpaired) electrons.